The van der Waals surface area contributed by atoms with Gasteiger partial charge < -0.3 is 4.90 Å². The first-order valence-electron chi connectivity index (χ1n) is 12.0. The quantitative estimate of drug-likeness (QED) is 0.298. The molecule has 1 aliphatic heterocycles. The summed E-state index contributed by atoms with van der Waals surface area (Å²) in [5, 5.41) is 0. The van der Waals surface area contributed by atoms with E-state index in [1.54, 1.807) is 21.6 Å². The smallest absolute Gasteiger partial charge is 0.267 e. The summed E-state index contributed by atoms with van der Waals surface area (Å²) in [7, 11) is 0. The van der Waals surface area contributed by atoms with Gasteiger partial charge in [-0.05, 0) is 49.5 Å². The van der Waals surface area contributed by atoms with E-state index < -0.39 is 0 Å². The number of pyridine rings is 1. The highest BCUT2D eigenvalue weighted by molar-refractivity contribution is 8.26. The summed E-state index contributed by atoms with van der Waals surface area (Å²) in [5.74, 6) is 0.463. The van der Waals surface area contributed by atoms with Crippen LogP contribution in [-0.2, 0) is 11.2 Å². The molecule has 0 unspecified atom stereocenters. The van der Waals surface area contributed by atoms with Crippen molar-refractivity contribution in [1.82, 2.24) is 14.3 Å². The lowest BCUT2D eigenvalue weighted by Crippen LogP contribution is -2.31. The van der Waals surface area contributed by atoms with E-state index in [2.05, 4.69) is 18.7 Å². The van der Waals surface area contributed by atoms with Crippen LogP contribution in [0.3, 0.4) is 0 Å². The molecule has 0 radical (unpaired) electrons. The molecule has 2 aromatic heterocycles. The van der Waals surface area contributed by atoms with Gasteiger partial charge in [0.25, 0.3) is 11.5 Å². The van der Waals surface area contributed by atoms with Crippen LogP contribution in [0.15, 0.2) is 58.4 Å². The van der Waals surface area contributed by atoms with E-state index in [1.165, 1.54) is 11.8 Å². The molecule has 0 spiro atoms. The zero-order valence-electron chi connectivity index (χ0n) is 20.4. The largest absolute Gasteiger partial charge is 0.356 e. The van der Waals surface area contributed by atoms with E-state index in [0.717, 1.165) is 37.1 Å². The molecule has 1 fully saturated rings. The maximum absolute atomic E-state index is 13.7. The van der Waals surface area contributed by atoms with Gasteiger partial charge in [-0.1, -0.05) is 74.2 Å². The average Bonchev–Trinajstić information content (AvgIpc) is 3.12. The lowest BCUT2D eigenvalue weighted by atomic mass is 10.1. The van der Waals surface area contributed by atoms with E-state index in [4.69, 9.17) is 17.2 Å². The summed E-state index contributed by atoms with van der Waals surface area (Å²) in [6, 6.07) is 13.8. The van der Waals surface area contributed by atoms with Crippen LogP contribution in [0.2, 0.25) is 0 Å². The molecule has 1 amide bonds. The van der Waals surface area contributed by atoms with Crippen molar-refractivity contribution in [3.8, 4) is 0 Å². The van der Waals surface area contributed by atoms with Crippen molar-refractivity contribution in [2.24, 2.45) is 0 Å². The third-order valence-corrected chi connectivity index (χ3v) is 7.27. The molecule has 1 saturated heterocycles. The molecule has 1 aromatic carbocycles. The zero-order valence-corrected chi connectivity index (χ0v) is 22.0. The summed E-state index contributed by atoms with van der Waals surface area (Å²) >= 11 is 6.79. The molecule has 0 bridgehead atoms. The van der Waals surface area contributed by atoms with E-state index in [-0.39, 0.29) is 11.5 Å². The third-order valence-electron chi connectivity index (χ3n) is 5.89. The number of hydrogen-bond donors (Lipinski definition) is 0. The Labute approximate surface area is 215 Å². The Bertz CT molecular complexity index is 1330. The molecule has 0 atom stereocenters. The number of carbonyl (C=O) groups is 1. The van der Waals surface area contributed by atoms with Crippen molar-refractivity contribution in [1.29, 1.82) is 0 Å². The van der Waals surface area contributed by atoms with E-state index >= 15 is 0 Å². The van der Waals surface area contributed by atoms with Crippen LogP contribution < -0.4 is 10.5 Å². The molecule has 3 heterocycles. The summed E-state index contributed by atoms with van der Waals surface area (Å²) < 4.78 is 2.08. The van der Waals surface area contributed by atoms with Crippen LogP contribution in [0.5, 0.6) is 0 Å². The molecule has 3 aromatic rings. The molecule has 6 nitrogen and oxygen atoms in total. The third kappa shape index (κ3) is 5.49. The number of thiocarbonyl (C=S) groups is 1. The fourth-order valence-corrected chi connectivity index (χ4v) is 5.48. The minimum absolute atomic E-state index is 0.159. The lowest BCUT2D eigenvalue weighted by molar-refractivity contribution is -0.122. The molecule has 182 valence electrons. The highest BCUT2D eigenvalue weighted by atomic mass is 32.2. The topological polar surface area (TPSA) is 57.9 Å². The SMILES string of the molecule is CCCN(CCC)c1nc2ccc(C)cn2c(=O)c1/C=C1\SC(=S)N(CCc2ccccc2)C1=O. The first-order chi connectivity index (χ1) is 16.9. The van der Waals surface area contributed by atoms with Gasteiger partial charge in [0.15, 0.2) is 0 Å². The first-order valence-corrected chi connectivity index (χ1v) is 13.2. The van der Waals surface area contributed by atoms with Crippen LogP contribution in [-0.4, -0.2) is 44.1 Å². The van der Waals surface area contributed by atoms with Crippen LogP contribution in [0.1, 0.15) is 43.4 Å². The van der Waals surface area contributed by atoms with Crippen molar-refractivity contribution >= 4 is 51.7 Å². The van der Waals surface area contributed by atoms with Gasteiger partial charge in [-0.2, -0.15) is 0 Å². The van der Waals surface area contributed by atoms with E-state index in [0.29, 0.717) is 39.2 Å². The van der Waals surface area contributed by atoms with Crippen molar-refractivity contribution < 1.29 is 4.79 Å². The standard InChI is InChI=1S/C27H30N4O2S2/c1-4-14-29(15-5-2)24-21(25(32)31-18-19(3)11-12-23(31)28-24)17-22-26(33)30(27(34)35-22)16-13-20-9-7-6-8-10-20/h6-12,17-18H,4-5,13-16H2,1-3H3/b22-17-. The summed E-state index contributed by atoms with van der Waals surface area (Å²) in [4.78, 5) is 36.1. The Morgan fingerprint density at radius 2 is 1.77 bits per heavy atom. The number of aryl methyl sites for hydroxylation is 1. The van der Waals surface area contributed by atoms with E-state index in [9.17, 15) is 9.59 Å². The molecule has 8 heteroatoms. The van der Waals surface area contributed by atoms with Crippen molar-refractivity contribution in [3.63, 3.8) is 0 Å². The Balaban J connectivity index is 1.74. The number of hydrogen-bond acceptors (Lipinski definition) is 6. The van der Waals surface area contributed by atoms with Crippen molar-refractivity contribution in [3.05, 3.63) is 80.6 Å². The molecule has 0 N–H and O–H groups in total. The average molecular weight is 507 g/mol. The van der Waals surface area contributed by atoms with Gasteiger partial charge in [0, 0.05) is 25.8 Å². The second-order valence-electron chi connectivity index (χ2n) is 8.64. The molecule has 0 aliphatic carbocycles. The van der Waals surface area contributed by atoms with Gasteiger partial charge in [0.1, 0.15) is 15.8 Å². The number of fused-ring (bicyclic) bond motifs is 1. The molecule has 35 heavy (non-hydrogen) atoms. The summed E-state index contributed by atoms with van der Waals surface area (Å²) in [6.45, 7) is 8.22. The van der Waals surface area contributed by atoms with Crippen LogP contribution in [0, 0.1) is 6.92 Å². The number of benzene rings is 1. The number of nitrogens with zero attached hydrogens (tertiary/aromatic N) is 4. The van der Waals surface area contributed by atoms with Crippen LogP contribution in [0.25, 0.3) is 11.7 Å². The molecule has 0 saturated carbocycles. The molecular formula is C27H30N4O2S2. The minimum Gasteiger partial charge on any atom is -0.356 e. The Kier molecular flexibility index (Phi) is 8.03. The first kappa shape index (κ1) is 25.1. The summed E-state index contributed by atoms with van der Waals surface area (Å²) in [5.41, 5.74) is 2.96. The Hall–Kier alpha value is -2.97. The monoisotopic (exact) mass is 506 g/mol. The zero-order chi connectivity index (χ0) is 24.9. The number of amides is 1. The Morgan fingerprint density at radius 1 is 1.06 bits per heavy atom. The Morgan fingerprint density at radius 3 is 2.46 bits per heavy atom. The molecular weight excluding hydrogens is 476 g/mol. The van der Waals surface area contributed by atoms with Gasteiger partial charge in [-0.15, -0.1) is 0 Å². The van der Waals surface area contributed by atoms with Crippen LogP contribution in [0.4, 0.5) is 5.82 Å². The van der Waals surface area contributed by atoms with Gasteiger partial charge in [-0.25, -0.2) is 4.98 Å². The highest BCUT2D eigenvalue weighted by Crippen LogP contribution is 2.33. The second kappa shape index (κ2) is 11.2. The maximum atomic E-state index is 13.7. The van der Waals surface area contributed by atoms with Gasteiger partial charge in [-0.3, -0.25) is 18.9 Å². The van der Waals surface area contributed by atoms with Crippen LogP contribution >= 0.6 is 24.0 Å². The highest BCUT2D eigenvalue weighted by Gasteiger charge is 2.32. The molecule has 1 aliphatic rings. The van der Waals surface area contributed by atoms with Gasteiger partial charge in [0.2, 0.25) is 0 Å². The van der Waals surface area contributed by atoms with Gasteiger partial charge >= 0.3 is 0 Å². The number of anilines is 1. The van der Waals surface area contributed by atoms with Crippen molar-refractivity contribution in [2.45, 2.75) is 40.0 Å². The predicted molar refractivity (Wildman–Crippen MR) is 149 cm³/mol. The second-order valence-corrected chi connectivity index (χ2v) is 10.3. The normalized spacial score (nSPS) is 14.9. The number of thioether (sulfide) groups is 1. The van der Waals surface area contributed by atoms with E-state index in [1.807, 2.05) is 49.4 Å². The maximum Gasteiger partial charge on any atom is 0.267 e. The fourth-order valence-electron chi connectivity index (χ4n) is 4.19. The number of aromatic nitrogens is 2. The minimum atomic E-state index is -0.180. The lowest BCUT2D eigenvalue weighted by Gasteiger charge is -2.24. The fraction of sp³-hybridized carbons (Fsp3) is 0.333. The van der Waals surface area contributed by atoms with Crippen molar-refractivity contribution in [2.75, 3.05) is 24.5 Å². The number of carbonyl (C=O) groups excluding carboxylic acids is 1. The molecule has 4 rings (SSSR count). The predicted octanol–water partition coefficient (Wildman–Crippen LogP) is 5.07. The number of rotatable bonds is 9. The summed E-state index contributed by atoms with van der Waals surface area (Å²) in [6.07, 6.45) is 6.05. The van der Waals surface area contributed by atoms with Gasteiger partial charge in [0.05, 0.1) is 10.5 Å².